The Morgan fingerprint density at radius 2 is 2.23 bits per heavy atom. The van der Waals surface area contributed by atoms with E-state index in [1.165, 1.54) is 11.0 Å². The second-order valence-corrected chi connectivity index (χ2v) is 5.46. The molecular weight excluding hydrogens is 287 g/mol. The van der Waals surface area contributed by atoms with Crippen LogP contribution < -0.4 is 5.32 Å². The summed E-state index contributed by atoms with van der Waals surface area (Å²) in [5, 5.41) is 2.61. The lowest BCUT2D eigenvalue weighted by Gasteiger charge is -2.31. The number of aryl methyl sites for hydroxylation is 1. The molecule has 1 aromatic rings. The molecule has 1 atom stereocenters. The second kappa shape index (κ2) is 7.24. The van der Waals surface area contributed by atoms with E-state index in [0.29, 0.717) is 26.1 Å². The number of likely N-dealkylation sites (tertiary alicyclic amines) is 1. The molecule has 1 saturated heterocycles. The smallest absolute Gasteiger partial charge is 0.409 e. The fourth-order valence-corrected chi connectivity index (χ4v) is 2.53. The van der Waals surface area contributed by atoms with E-state index in [2.05, 4.69) is 5.32 Å². The normalized spacial score (nSPS) is 18.0. The van der Waals surface area contributed by atoms with Gasteiger partial charge in [0.2, 0.25) is 5.91 Å². The van der Waals surface area contributed by atoms with Gasteiger partial charge in [0.25, 0.3) is 0 Å². The summed E-state index contributed by atoms with van der Waals surface area (Å²) < 4.78 is 18.7. The fraction of sp³-hybridized carbons (Fsp3) is 0.500. The second-order valence-electron chi connectivity index (χ2n) is 5.46. The van der Waals surface area contributed by atoms with Crippen molar-refractivity contribution in [3.05, 3.63) is 29.6 Å². The number of piperidine rings is 1. The molecule has 0 bridgehead atoms. The van der Waals surface area contributed by atoms with Crippen LogP contribution in [0.25, 0.3) is 0 Å². The number of ether oxygens (including phenoxy) is 1. The van der Waals surface area contributed by atoms with Crippen LogP contribution in [0.4, 0.5) is 14.9 Å². The van der Waals surface area contributed by atoms with Crippen LogP contribution in [-0.2, 0) is 9.53 Å². The van der Waals surface area contributed by atoms with E-state index in [9.17, 15) is 14.0 Å². The first-order valence-electron chi connectivity index (χ1n) is 7.50. The summed E-state index contributed by atoms with van der Waals surface area (Å²) >= 11 is 0. The highest BCUT2D eigenvalue weighted by molar-refractivity contribution is 5.93. The van der Waals surface area contributed by atoms with Crippen LogP contribution in [0.15, 0.2) is 18.2 Å². The largest absolute Gasteiger partial charge is 0.450 e. The predicted molar refractivity (Wildman–Crippen MR) is 81.1 cm³/mol. The molecule has 6 heteroatoms. The molecule has 1 unspecified atom stereocenters. The quantitative estimate of drug-likeness (QED) is 0.934. The first-order valence-corrected chi connectivity index (χ1v) is 7.50. The van der Waals surface area contributed by atoms with Crippen LogP contribution in [-0.4, -0.2) is 36.6 Å². The summed E-state index contributed by atoms with van der Waals surface area (Å²) in [6.07, 6.45) is 1.00. The number of carbonyl (C=O) groups is 2. The average Bonchev–Trinajstić information content (AvgIpc) is 2.50. The van der Waals surface area contributed by atoms with E-state index in [1.54, 1.807) is 26.0 Å². The van der Waals surface area contributed by atoms with Gasteiger partial charge in [0, 0.05) is 13.1 Å². The van der Waals surface area contributed by atoms with Gasteiger partial charge in [-0.1, -0.05) is 6.07 Å². The van der Waals surface area contributed by atoms with Gasteiger partial charge in [-0.2, -0.15) is 0 Å². The minimum Gasteiger partial charge on any atom is -0.450 e. The van der Waals surface area contributed by atoms with Crippen LogP contribution in [0.3, 0.4) is 0 Å². The van der Waals surface area contributed by atoms with Crippen molar-refractivity contribution < 1.29 is 18.7 Å². The Morgan fingerprint density at radius 3 is 2.91 bits per heavy atom. The number of hydrogen-bond donors (Lipinski definition) is 1. The van der Waals surface area contributed by atoms with Gasteiger partial charge in [-0.05, 0) is 44.4 Å². The molecule has 1 aromatic carbocycles. The van der Waals surface area contributed by atoms with E-state index in [1.807, 2.05) is 0 Å². The first kappa shape index (κ1) is 16.3. The number of anilines is 1. The van der Waals surface area contributed by atoms with Crippen molar-refractivity contribution in [3.8, 4) is 0 Å². The molecule has 2 amide bonds. The number of nitrogens with one attached hydrogen (secondary N) is 1. The molecule has 1 fully saturated rings. The molecule has 0 saturated carbocycles. The molecule has 0 radical (unpaired) electrons. The summed E-state index contributed by atoms with van der Waals surface area (Å²) in [6.45, 7) is 4.72. The minimum absolute atomic E-state index is 0.170. The molecule has 0 aromatic heterocycles. The lowest BCUT2D eigenvalue weighted by molar-refractivity contribution is -0.121. The maximum Gasteiger partial charge on any atom is 0.409 e. The molecule has 1 heterocycles. The zero-order chi connectivity index (χ0) is 16.1. The monoisotopic (exact) mass is 308 g/mol. The topological polar surface area (TPSA) is 58.6 Å². The number of benzene rings is 1. The Kier molecular flexibility index (Phi) is 5.35. The maximum absolute atomic E-state index is 13.8. The van der Waals surface area contributed by atoms with Gasteiger partial charge in [-0.15, -0.1) is 0 Å². The highest BCUT2D eigenvalue weighted by Crippen LogP contribution is 2.21. The standard InChI is InChI=1S/C16H21FN2O3/c1-3-22-16(21)19-8-4-5-12(10-19)15(20)18-14-7-6-11(2)9-13(14)17/h6-7,9,12H,3-5,8,10H2,1-2H3,(H,18,20). The summed E-state index contributed by atoms with van der Waals surface area (Å²) in [6, 6.07) is 4.67. The van der Waals surface area contributed by atoms with E-state index in [0.717, 1.165) is 12.0 Å². The minimum atomic E-state index is -0.452. The van der Waals surface area contributed by atoms with Crippen molar-refractivity contribution in [3.63, 3.8) is 0 Å². The van der Waals surface area contributed by atoms with Gasteiger partial charge >= 0.3 is 6.09 Å². The highest BCUT2D eigenvalue weighted by atomic mass is 19.1. The van der Waals surface area contributed by atoms with Gasteiger partial charge in [-0.3, -0.25) is 4.79 Å². The van der Waals surface area contributed by atoms with Crippen molar-refractivity contribution in [2.45, 2.75) is 26.7 Å². The molecular formula is C16H21FN2O3. The van der Waals surface area contributed by atoms with Crippen molar-refractivity contribution in [2.24, 2.45) is 5.92 Å². The van der Waals surface area contributed by atoms with Gasteiger partial charge < -0.3 is 15.0 Å². The van der Waals surface area contributed by atoms with Crippen molar-refractivity contribution in [2.75, 3.05) is 25.0 Å². The number of halogens is 1. The number of rotatable bonds is 3. The lowest BCUT2D eigenvalue weighted by Crippen LogP contribution is -2.44. The number of amides is 2. The lowest BCUT2D eigenvalue weighted by atomic mass is 9.97. The third-order valence-electron chi connectivity index (χ3n) is 3.70. The molecule has 1 aliphatic heterocycles. The predicted octanol–water partition coefficient (Wildman–Crippen LogP) is 2.94. The third-order valence-corrected chi connectivity index (χ3v) is 3.70. The molecule has 120 valence electrons. The van der Waals surface area contributed by atoms with E-state index >= 15 is 0 Å². The van der Waals surface area contributed by atoms with Crippen LogP contribution in [0.2, 0.25) is 0 Å². The highest BCUT2D eigenvalue weighted by Gasteiger charge is 2.29. The van der Waals surface area contributed by atoms with Gasteiger partial charge in [0.1, 0.15) is 5.82 Å². The number of hydrogen-bond acceptors (Lipinski definition) is 3. The molecule has 5 nitrogen and oxygen atoms in total. The zero-order valence-corrected chi connectivity index (χ0v) is 12.9. The fourth-order valence-electron chi connectivity index (χ4n) is 2.53. The first-order chi connectivity index (χ1) is 10.5. The Hall–Kier alpha value is -2.11. The van der Waals surface area contributed by atoms with Gasteiger partial charge in [0.05, 0.1) is 18.2 Å². The molecule has 0 spiro atoms. The summed E-state index contributed by atoms with van der Waals surface area (Å²) in [7, 11) is 0. The summed E-state index contributed by atoms with van der Waals surface area (Å²) in [5.74, 6) is -1.07. The number of nitrogens with zero attached hydrogens (tertiary/aromatic N) is 1. The molecule has 22 heavy (non-hydrogen) atoms. The molecule has 1 N–H and O–H groups in total. The van der Waals surface area contributed by atoms with Crippen LogP contribution in [0.1, 0.15) is 25.3 Å². The molecule has 1 aliphatic rings. The zero-order valence-electron chi connectivity index (χ0n) is 12.9. The Labute approximate surface area is 129 Å². The summed E-state index contributed by atoms with van der Waals surface area (Å²) in [4.78, 5) is 25.5. The van der Waals surface area contributed by atoms with Crippen molar-refractivity contribution >= 4 is 17.7 Å². The van der Waals surface area contributed by atoms with Crippen LogP contribution in [0, 0.1) is 18.7 Å². The maximum atomic E-state index is 13.8. The summed E-state index contributed by atoms with van der Waals surface area (Å²) in [5.41, 5.74) is 0.963. The van der Waals surface area contributed by atoms with Crippen molar-refractivity contribution in [1.82, 2.24) is 4.90 Å². The average molecular weight is 308 g/mol. The van der Waals surface area contributed by atoms with E-state index in [4.69, 9.17) is 4.74 Å². The van der Waals surface area contributed by atoms with Crippen LogP contribution in [0.5, 0.6) is 0 Å². The van der Waals surface area contributed by atoms with Crippen molar-refractivity contribution in [1.29, 1.82) is 0 Å². The number of carbonyl (C=O) groups excluding carboxylic acids is 2. The SMILES string of the molecule is CCOC(=O)N1CCCC(C(=O)Nc2ccc(C)cc2F)C1. The van der Waals surface area contributed by atoms with Gasteiger partial charge in [0.15, 0.2) is 0 Å². The van der Waals surface area contributed by atoms with Gasteiger partial charge in [-0.25, -0.2) is 9.18 Å². The van der Waals surface area contributed by atoms with Crippen LogP contribution >= 0.6 is 0 Å². The Bertz CT molecular complexity index is 562. The van der Waals surface area contributed by atoms with E-state index < -0.39 is 11.9 Å². The Balaban J connectivity index is 1.98. The molecule has 2 rings (SSSR count). The Morgan fingerprint density at radius 1 is 1.45 bits per heavy atom. The molecule has 0 aliphatic carbocycles. The third kappa shape index (κ3) is 3.96. The van der Waals surface area contributed by atoms with E-state index in [-0.39, 0.29) is 17.5 Å².